The fourth-order valence-corrected chi connectivity index (χ4v) is 4.53. The lowest BCUT2D eigenvalue weighted by Crippen LogP contribution is -2.23. The first-order valence-corrected chi connectivity index (χ1v) is 11.8. The van der Waals surface area contributed by atoms with Gasteiger partial charge in [0.05, 0.1) is 23.4 Å². The number of hydrogen-bond donors (Lipinski definition) is 2. The summed E-state index contributed by atoms with van der Waals surface area (Å²) < 4.78 is 106. The predicted molar refractivity (Wildman–Crippen MR) is 119 cm³/mol. The Morgan fingerprint density at radius 3 is 2.36 bits per heavy atom. The Hall–Kier alpha value is -3.87. The summed E-state index contributed by atoms with van der Waals surface area (Å²) in [5.41, 5.74) is -0.960. The first kappa shape index (κ1) is 25.2. The van der Waals surface area contributed by atoms with Gasteiger partial charge in [0.25, 0.3) is 0 Å². The van der Waals surface area contributed by atoms with Gasteiger partial charge in [-0.3, -0.25) is 9.52 Å². The van der Waals surface area contributed by atoms with Crippen molar-refractivity contribution in [2.24, 2.45) is 0 Å². The molecule has 0 unspecified atom stereocenters. The lowest BCUT2D eigenvalue weighted by atomic mass is 10.00. The number of alkyl halides is 3. The first-order chi connectivity index (χ1) is 16.8. The molecule has 0 atom stereocenters. The average Bonchev–Trinajstić information content (AvgIpc) is 3.23. The van der Waals surface area contributed by atoms with Crippen LogP contribution in [-0.2, 0) is 10.0 Å². The summed E-state index contributed by atoms with van der Waals surface area (Å²) in [4.78, 5) is 20.0. The number of pyridine rings is 1. The topological polar surface area (TPSA) is 91.9 Å². The van der Waals surface area contributed by atoms with Crippen LogP contribution in [0, 0.1) is 17.5 Å². The Morgan fingerprint density at radius 2 is 1.69 bits per heavy atom. The number of sulfonamides is 1. The van der Waals surface area contributed by atoms with E-state index >= 15 is 4.39 Å². The molecule has 36 heavy (non-hydrogen) atoms. The Bertz CT molecular complexity index is 1560. The summed E-state index contributed by atoms with van der Waals surface area (Å²) in [5.74, 6) is -5.92. The largest absolute Gasteiger partial charge is 0.390 e. The van der Waals surface area contributed by atoms with Gasteiger partial charge in [-0.05, 0) is 35.9 Å². The minimum atomic E-state index is -4.77. The molecule has 0 saturated carbocycles. The van der Waals surface area contributed by atoms with Crippen molar-refractivity contribution in [3.05, 3.63) is 83.4 Å². The van der Waals surface area contributed by atoms with Gasteiger partial charge in [0.15, 0.2) is 5.82 Å². The molecule has 0 radical (unpaired) electrons. The quantitative estimate of drug-likeness (QED) is 0.243. The molecule has 2 aromatic carbocycles. The summed E-state index contributed by atoms with van der Waals surface area (Å²) in [6, 6.07) is 8.16. The predicted octanol–water partition coefficient (Wildman–Crippen LogP) is 5.57. The highest BCUT2D eigenvalue weighted by molar-refractivity contribution is 7.92. The number of fused-ring (bicyclic) bond motifs is 1. The van der Waals surface area contributed by atoms with E-state index in [9.17, 15) is 35.2 Å². The van der Waals surface area contributed by atoms with Gasteiger partial charge in [0, 0.05) is 28.9 Å². The molecule has 0 aliphatic heterocycles. The summed E-state index contributed by atoms with van der Waals surface area (Å²) in [5, 5.41) is 0.178. The minimum absolute atomic E-state index is 0.178. The number of rotatable bonds is 7. The van der Waals surface area contributed by atoms with Gasteiger partial charge in [-0.15, -0.1) is 0 Å². The summed E-state index contributed by atoms with van der Waals surface area (Å²) in [6.45, 7) is 0. The molecule has 13 heteroatoms. The molecule has 0 aliphatic carbocycles. The summed E-state index contributed by atoms with van der Waals surface area (Å²) >= 11 is 0. The third kappa shape index (κ3) is 5.35. The van der Waals surface area contributed by atoms with E-state index in [4.69, 9.17) is 0 Å². The molecule has 4 aromatic rings. The van der Waals surface area contributed by atoms with Crippen LogP contribution in [0.3, 0.4) is 0 Å². The van der Waals surface area contributed by atoms with E-state index < -0.39 is 62.9 Å². The van der Waals surface area contributed by atoms with Crippen LogP contribution in [-0.4, -0.2) is 36.1 Å². The lowest BCUT2D eigenvalue weighted by molar-refractivity contribution is -0.129. The van der Waals surface area contributed by atoms with Crippen molar-refractivity contribution in [2.45, 2.75) is 12.6 Å². The van der Waals surface area contributed by atoms with Gasteiger partial charge in [-0.25, -0.2) is 26.6 Å². The standard InChI is InChI=1S/C23H15F6N3O3S/c24-14-3-1-12(2-4-14)13-9-15-16(11-31-22(15)30-10-13)21(33)19-17(25)5-6-18(20(19)26)32-36(34,35)8-7-23(27,28)29/h1-6,9-11,32H,7-8H2,(H,30,31). The van der Waals surface area contributed by atoms with Crippen LogP contribution in [0.1, 0.15) is 22.3 Å². The van der Waals surface area contributed by atoms with Crippen molar-refractivity contribution in [3.63, 3.8) is 0 Å². The van der Waals surface area contributed by atoms with E-state index in [1.807, 2.05) is 0 Å². The van der Waals surface area contributed by atoms with E-state index in [0.717, 1.165) is 6.20 Å². The number of carbonyl (C=O) groups excluding carboxylic acids is 1. The van der Waals surface area contributed by atoms with E-state index in [2.05, 4.69) is 9.97 Å². The number of aromatic nitrogens is 2. The van der Waals surface area contributed by atoms with Gasteiger partial charge in [-0.2, -0.15) is 13.2 Å². The van der Waals surface area contributed by atoms with Crippen molar-refractivity contribution < 1.29 is 39.6 Å². The number of ketones is 1. The van der Waals surface area contributed by atoms with E-state index in [1.54, 1.807) is 4.72 Å². The number of anilines is 1. The monoisotopic (exact) mass is 527 g/mol. The number of halogens is 6. The normalized spacial score (nSPS) is 12.2. The second-order valence-corrected chi connectivity index (χ2v) is 9.57. The Balaban J connectivity index is 1.71. The van der Waals surface area contributed by atoms with Crippen LogP contribution in [0.25, 0.3) is 22.2 Å². The molecule has 2 heterocycles. The molecular weight excluding hydrogens is 512 g/mol. The van der Waals surface area contributed by atoms with Gasteiger partial charge in [0.2, 0.25) is 15.8 Å². The highest BCUT2D eigenvalue weighted by Crippen LogP contribution is 2.30. The zero-order valence-corrected chi connectivity index (χ0v) is 18.8. The molecule has 0 aliphatic rings. The van der Waals surface area contributed by atoms with E-state index in [-0.39, 0.29) is 16.6 Å². The zero-order valence-electron chi connectivity index (χ0n) is 18.0. The first-order valence-electron chi connectivity index (χ1n) is 10.2. The van der Waals surface area contributed by atoms with Crippen LogP contribution in [0.2, 0.25) is 0 Å². The Kier molecular flexibility index (Phi) is 6.52. The molecule has 6 nitrogen and oxygen atoms in total. The Labute approximate surface area is 200 Å². The molecule has 0 fully saturated rings. The highest BCUT2D eigenvalue weighted by Gasteiger charge is 2.31. The minimum Gasteiger partial charge on any atom is -0.345 e. The van der Waals surface area contributed by atoms with Crippen molar-refractivity contribution in [3.8, 4) is 11.1 Å². The fourth-order valence-electron chi connectivity index (χ4n) is 3.43. The molecule has 2 aromatic heterocycles. The maximum atomic E-state index is 15.1. The van der Waals surface area contributed by atoms with Gasteiger partial charge < -0.3 is 4.98 Å². The van der Waals surface area contributed by atoms with Crippen molar-refractivity contribution in [2.75, 3.05) is 10.5 Å². The summed E-state index contributed by atoms with van der Waals surface area (Å²) in [7, 11) is -4.66. The average molecular weight is 527 g/mol. The number of carbonyl (C=O) groups is 1. The van der Waals surface area contributed by atoms with Gasteiger partial charge in [-0.1, -0.05) is 12.1 Å². The SMILES string of the molecule is O=C(c1c(F)ccc(NS(=O)(=O)CCC(F)(F)F)c1F)c1c[nH]c2ncc(-c3ccc(F)cc3)cc12. The number of H-pyrrole nitrogens is 1. The molecule has 2 N–H and O–H groups in total. The molecule has 0 bridgehead atoms. The zero-order chi connectivity index (χ0) is 26.3. The maximum Gasteiger partial charge on any atom is 0.390 e. The molecular formula is C23H15F6N3O3S. The van der Waals surface area contributed by atoms with Crippen LogP contribution >= 0.6 is 0 Å². The smallest absolute Gasteiger partial charge is 0.345 e. The van der Waals surface area contributed by atoms with Crippen LogP contribution < -0.4 is 4.72 Å². The second kappa shape index (κ2) is 9.30. The highest BCUT2D eigenvalue weighted by atomic mass is 32.2. The molecule has 0 amide bonds. The fraction of sp³-hybridized carbons (Fsp3) is 0.130. The molecule has 188 valence electrons. The van der Waals surface area contributed by atoms with Gasteiger partial charge in [0.1, 0.15) is 17.3 Å². The van der Waals surface area contributed by atoms with Crippen molar-refractivity contribution in [1.29, 1.82) is 0 Å². The third-order valence-electron chi connectivity index (χ3n) is 5.19. The molecule has 0 spiro atoms. The number of nitrogens with one attached hydrogen (secondary N) is 2. The van der Waals surface area contributed by atoms with Crippen molar-refractivity contribution in [1.82, 2.24) is 9.97 Å². The van der Waals surface area contributed by atoms with E-state index in [1.165, 1.54) is 36.5 Å². The number of benzene rings is 2. The van der Waals surface area contributed by atoms with Crippen LogP contribution in [0.5, 0.6) is 0 Å². The van der Waals surface area contributed by atoms with Crippen molar-refractivity contribution >= 4 is 32.5 Å². The number of aromatic amines is 1. The number of nitrogens with zero attached hydrogens (tertiary/aromatic N) is 1. The van der Waals surface area contributed by atoms with E-state index in [0.29, 0.717) is 23.3 Å². The second-order valence-electron chi connectivity index (χ2n) is 7.73. The summed E-state index contributed by atoms with van der Waals surface area (Å²) in [6.07, 6.45) is -3.85. The van der Waals surface area contributed by atoms with Crippen LogP contribution in [0.15, 0.2) is 54.9 Å². The lowest BCUT2D eigenvalue weighted by Gasteiger charge is -2.12. The molecule has 0 saturated heterocycles. The maximum absolute atomic E-state index is 15.1. The number of hydrogen-bond acceptors (Lipinski definition) is 4. The van der Waals surface area contributed by atoms with Crippen LogP contribution in [0.4, 0.5) is 32.0 Å². The third-order valence-corrected chi connectivity index (χ3v) is 6.46. The molecule has 4 rings (SSSR count). The van der Waals surface area contributed by atoms with Gasteiger partial charge >= 0.3 is 6.18 Å². The Morgan fingerprint density at radius 1 is 1.00 bits per heavy atom.